The summed E-state index contributed by atoms with van der Waals surface area (Å²) in [4.78, 5) is 4.40. The highest BCUT2D eigenvalue weighted by Crippen LogP contribution is 2.27. The molecule has 0 aliphatic rings. The predicted molar refractivity (Wildman–Crippen MR) is 88.5 cm³/mol. The lowest BCUT2D eigenvalue weighted by Crippen LogP contribution is -2.03. The van der Waals surface area contributed by atoms with Crippen molar-refractivity contribution < 1.29 is 0 Å². The SMILES string of the molecule is c1ccc(-c2nn(Cc3ccccn3)c3ccccc23)cc1. The van der Waals surface area contributed by atoms with Crippen LogP contribution < -0.4 is 0 Å². The zero-order valence-corrected chi connectivity index (χ0v) is 12.1. The average molecular weight is 285 g/mol. The molecule has 0 aliphatic heterocycles. The molecule has 2 aromatic carbocycles. The Labute approximate surface area is 128 Å². The smallest absolute Gasteiger partial charge is 0.100 e. The van der Waals surface area contributed by atoms with Gasteiger partial charge in [0.05, 0.1) is 17.8 Å². The lowest BCUT2D eigenvalue weighted by molar-refractivity contribution is 0.699. The topological polar surface area (TPSA) is 30.7 Å². The first-order valence-electron chi connectivity index (χ1n) is 7.33. The molecule has 22 heavy (non-hydrogen) atoms. The molecule has 0 fully saturated rings. The molecule has 0 saturated heterocycles. The van der Waals surface area contributed by atoms with E-state index in [4.69, 9.17) is 5.10 Å². The minimum Gasteiger partial charge on any atom is -0.259 e. The van der Waals surface area contributed by atoms with Gasteiger partial charge in [0.25, 0.3) is 0 Å². The highest BCUT2D eigenvalue weighted by atomic mass is 15.3. The van der Waals surface area contributed by atoms with Gasteiger partial charge in [-0.15, -0.1) is 0 Å². The van der Waals surface area contributed by atoms with E-state index in [-0.39, 0.29) is 0 Å². The van der Waals surface area contributed by atoms with Crippen LogP contribution in [0.25, 0.3) is 22.2 Å². The van der Waals surface area contributed by atoms with Crippen molar-refractivity contribution in [1.82, 2.24) is 14.8 Å². The first kappa shape index (κ1) is 12.8. The molecular weight excluding hydrogens is 270 g/mol. The summed E-state index contributed by atoms with van der Waals surface area (Å²) in [5.74, 6) is 0. The summed E-state index contributed by atoms with van der Waals surface area (Å²) in [6, 6.07) is 24.6. The molecule has 3 heteroatoms. The third-order valence-electron chi connectivity index (χ3n) is 3.74. The van der Waals surface area contributed by atoms with Gasteiger partial charge >= 0.3 is 0 Å². The Bertz CT molecular complexity index is 896. The van der Waals surface area contributed by atoms with Crippen molar-refractivity contribution in [2.45, 2.75) is 6.54 Å². The highest BCUT2D eigenvalue weighted by molar-refractivity contribution is 5.93. The van der Waals surface area contributed by atoms with Crippen LogP contribution in [0.3, 0.4) is 0 Å². The van der Waals surface area contributed by atoms with Crippen molar-refractivity contribution in [1.29, 1.82) is 0 Å². The van der Waals surface area contributed by atoms with E-state index in [1.54, 1.807) is 0 Å². The Morgan fingerprint density at radius 3 is 2.36 bits per heavy atom. The fourth-order valence-electron chi connectivity index (χ4n) is 2.70. The van der Waals surface area contributed by atoms with Crippen LogP contribution in [0, 0.1) is 0 Å². The molecule has 2 heterocycles. The molecule has 0 atom stereocenters. The maximum Gasteiger partial charge on any atom is 0.100 e. The molecular formula is C19H15N3. The molecule has 0 saturated carbocycles. The number of nitrogens with zero attached hydrogens (tertiary/aromatic N) is 3. The molecule has 0 N–H and O–H groups in total. The van der Waals surface area contributed by atoms with Crippen molar-refractivity contribution in [3.05, 3.63) is 84.7 Å². The molecule has 0 amide bonds. The van der Waals surface area contributed by atoms with Gasteiger partial charge in [0.1, 0.15) is 5.69 Å². The van der Waals surface area contributed by atoms with Gasteiger partial charge < -0.3 is 0 Å². The number of hydrogen-bond donors (Lipinski definition) is 0. The zero-order valence-electron chi connectivity index (χ0n) is 12.1. The van der Waals surface area contributed by atoms with Crippen molar-refractivity contribution in [3.8, 4) is 11.3 Å². The molecule has 0 radical (unpaired) electrons. The number of rotatable bonds is 3. The summed E-state index contributed by atoms with van der Waals surface area (Å²) in [5.41, 5.74) is 4.30. The molecule has 4 aromatic rings. The predicted octanol–water partition coefficient (Wildman–Crippen LogP) is 4.15. The summed E-state index contributed by atoms with van der Waals surface area (Å²) in [6.45, 7) is 0.675. The Hall–Kier alpha value is -2.94. The Kier molecular flexibility index (Phi) is 3.16. The molecule has 3 nitrogen and oxygen atoms in total. The lowest BCUT2D eigenvalue weighted by Gasteiger charge is -2.02. The van der Waals surface area contributed by atoms with Crippen LogP contribution in [0.4, 0.5) is 0 Å². The van der Waals surface area contributed by atoms with Crippen LogP contribution in [-0.4, -0.2) is 14.8 Å². The molecule has 0 spiro atoms. The normalized spacial score (nSPS) is 10.9. The molecule has 4 rings (SSSR count). The standard InChI is InChI=1S/C19H15N3/c1-2-8-15(9-3-1)19-17-11-4-5-12-18(17)22(21-19)14-16-10-6-7-13-20-16/h1-13H,14H2. The number of para-hydroxylation sites is 1. The fourth-order valence-corrected chi connectivity index (χ4v) is 2.70. The van der Waals surface area contributed by atoms with E-state index in [1.807, 2.05) is 53.3 Å². The van der Waals surface area contributed by atoms with E-state index < -0.39 is 0 Å². The van der Waals surface area contributed by atoms with Gasteiger partial charge in [-0.25, -0.2) is 0 Å². The highest BCUT2D eigenvalue weighted by Gasteiger charge is 2.11. The monoisotopic (exact) mass is 285 g/mol. The molecule has 0 bridgehead atoms. The second-order valence-electron chi connectivity index (χ2n) is 5.21. The summed E-state index contributed by atoms with van der Waals surface area (Å²) >= 11 is 0. The van der Waals surface area contributed by atoms with Crippen LogP contribution in [-0.2, 0) is 6.54 Å². The van der Waals surface area contributed by atoms with Gasteiger partial charge in [0.15, 0.2) is 0 Å². The molecule has 0 unspecified atom stereocenters. The van der Waals surface area contributed by atoms with Gasteiger partial charge in [-0.1, -0.05) is 54.6 Å². The van der Waals surface area contributed by atoms with Crippen molar-refractivity contribution >= 4 is 10.9 Å². The van der Waals surface area contributed by atoms with Gasteiger partial charge in [0.2, 0.25) is 0 Å². The van der Waals surface area contributed by atoms with E-state index in [1.165, 1.54) is 5.39 Å². The number of aromatic nitrogens is 3. The Balaban J connectivity index is 1.86. The summed E-state index contributed by atoms with van der Waals surface area (Å²) < 4.78 is 2.03. The third-order valence-corrected chi connectivity index (χ3v) is 3.74. The first-order chi connectivity index (χ1) is 10.9. The lowest BCUT2D eigenvalue weighted by atomic mass is 10.1. The third kappa shape index (κ3) is 2.27. The van der Waals surface area contributed by atoms with Crippen LogP contribution in [0.1, 0.15) is 5.69 Å². The molecule has 106 valence electrons. The van der Waals surface area contributed by atoms with Crippen molar-refractivity contribution in [3.63, 3.8) is 0 Å². The first-order valence-corrected chi connectivity index (χ1v) is 7.33. The quantitative estimate of drug-likeness (QED) is 0.566. The Morgan fingerprint density at radius 1 is 0.773 bits per heavy atom. The van der Waals surface area contributed by atoms with Gasteiger partial charge in [-0.05, 0) is 18.2 Å². The van der Waals surface area contributed by atoms with E-state index in [0.29, 0.717) is 6.54 Å². The van der Waals surface area contributed by atoms with Crippen LogP contribution >= 0.6 is 0 Å². The van der Waals surface area contributed by atoms with Crippen LogP contribution in [0.2, 0.25) is 0 Å². The van der Waals surface area contributed by atoms with E-state index in [0.717, 1.165) is 22.5 Å². The zero-order chi connectivity index (χ0) is 14.8. The summed E-state index contributed by atoms with van der Waals surface area (Å²) in [6.07, 6.45) is 1.82. The summed E-state index contributed by atoms with van der Waals surface area (Å²) in [5, 5.41) is 6.00. The van der Waals surface area contributed by atoms with E-state index in [9.17, 15) is 0 Å². The van der Waals surface area contributed by atoms with E-state index >= 15 is 0 Å². The number of fused-ring (bicyclic) bond motifs is 1. The second-order valence-corrected chi connectivity index (χ2v) is 5.21. The number of hydrogen-bond acceptors (Lipinski definition) is 2. The number of benzene rings is 2. The van der Waals surface area contributed by atoms with Crippen molar-refractivity contribution in [2.75, 3.05) is 0 Å². The maximum absolute atomic E-state index is 4.83. The van der Waals surface area contributed by atoms with Gasteiger partial charge in [0, 0.05) is 17.1 Å². The largest absolute Gasteiger partial charge is 0.259 e. The number of pyridine rings is 1. The van der Waals surface area contributed by atoms with Crippen LogP contribution in [0.15, 0.2) is 79.0 Å². The van der Waals surface area contributed by atoms with E-state index in [2.05, 4.69) is 35.3 Å². The maximum atomic E-state index is 4.83. The fraction of sp³-hybridized carbons (Fsp3) is 0.0526. The van der Waals surface area contributed by atoms with Gasteiger partial charge in [-0.3, -0.25) is 9.67 Å². The second kappa shape index (κ2) is 5.45. The minimum atomic E-state index is 0.675. The Morgan fingerprint density at radius 2 is 1.55 bits per heavy atom. The van der Waals surface area contributed by atoms with Gasteiger partial charge in [-0.2, -0.15) is 5.10 Å². The van der Waals surface area contributed by atoms with Crippen molar-refractivity contribution in [2.24, 2.45) is 0 Å². The average Bonchev–Trinajstić information content (AvgIpc) is 2.96. The van der Waals surface area contributed by atoms with Crippen LogP contribution in [0.5, 0.6) is 0 Å². The minimum absolute atomic E-state index is 0.675. The molecule has 2 aromatic heterocycles. The summed E-state index contributed by atoms with van der Waals surface area (Å²) in [7, 11) is 0. The molecule has 0 aliphatic carbocycles.